The lowest BCUT2D eigenvalue weighted by molar-refractivity contribution is -0.141. The Morgan fingerprint density at radius 2 is 2.20 bits per heavy atom. The van der Waals surface area contributed by atoms with Gasteiger partial charge in [-0.1, -0.05) is 18.5 Å². The van der Waals surface area contributed by atoms with E-state index < -0.39 is 11.9 Å². The molecule has 1 aromatic heterocycles. The maximum atomic E-state index is 10.7. The van der Waals surface area contributed by atoms with Gasteiger partial charge in [0.2, 0.25) is 0 Å². The highest BCUT2D eigenvalue weighted by molar-refractivity contribution is 6.30. The first-order chi connectivity index (χ1) is 6.91. The van der Waals surface area contributed by atoms with Gasteiger partial charge < -0.3 is 10.8 Å². The van der Waals surface area contributed by atoms with Crippen LogP contribution in [0.5, 0.6) is 0 Å². The summed E-state index contributed by atoms with van der Waals surface area (Å²) in [5.74, 6) is -0.730. The molecule has 0 fully saturated rings. The first-order valence-electron chi connectivity index (χ1n) is 4.43. The van der Waals surface area contributed by atoms with Gasteiger partial charge in [0.25, 0.3) is 0 Å². The number of rotatable bonds is 3. The van der Waals surface area contributed by atoms with Crippen LogP contribution in [-0.2, 0) is 11.2 Å². The summed E-state index contributed by atoms with van der Waals surface area (Å²) >= 11 is 5.86. The van der Waals surface area contributed by atoms with Gasteiger partial charge in [-0.25, -0.2) is 9.97 Å². The van der Waals surface area contributed by atoms with Gasteiger partial charge in [0.05, 0.1) is 5.92 Å². The zero-order valence-corrected chi connectivity index (χ0v) is 9.25. The molecule has 0 aliphatic carbocycles. The number of aliphatic carboxylic acids is 1. The van der Waals surface area contributed by atoms with E-state index >= 15 is 0 Å². The molecule has 0 saturated heterocycles. The lowest BCUT2D eigenvalue weighted by Crippen LogP contribution is -2.15. The van der Waals surface area contributed by atoms with Crippen molar-refractivity contribution in [2.75, 3.05) is 5.73 Å². The number of nitrogens with two attached hydrogens (primary N) is 1. The summed E-state index contributed by atoms with van der Waals surface area (Å²) in [6.45, 7) is 3.25. The zero-order valence-electron chi connectivity index (χ0n) is 8.49. The van der Waals surface area contributed by atoms with E-state index in [1.165, 1.54) is 0 Å². The van der Waals surface area contributed by atoms with Crippen molar-refractivity contribution in [2.24, 2.45) is 5.92 Å². The van der Waals surface area contributed by atoms with Gasteiger partial charge in [-0.15, -0.1) is 0 Å². The van der Waals surface area contributed by atoms with E-state index in [0.717, 1.165) is 0 Å². The predicted molar refractivity (Wildman–Crippen MR) is 56.7 cm³/mol. The Morgan fingerprint density at radius 1 is 1.60 bits per heavy atom. The minimum Gasteiger partial charge on any atom is -0.481 e. The minimum atomic E-state index is -0.897. The van der Waals surface area contributed by atoms with Gasteiger partial charge in [0, 0.05) is 5.56 Å². The Morgan fingerprint density at radius 3 is 2.67 bits per heavy atom. The molecule has 0 amide bonds. The van der Waals surface area contributed by atoms with Gasteiger partial charge in [-0.2, -0.15) is 0 Å². The normalized spacial score (nSPS) is 12.5. The second-order valence-electron chi connectivity index (χ2n) is 3.37. The molecule has 0 radical (unpaired) electrons. The molecule has 0 saturated carbocycles. The van der Waals surface area contributed by atoms with Crippen LogP contribution in [-0.4, -0.2) is 21.0 Å². The molecule has 0 bridgehead atoms. The van der Waals surface area contributed by atoms with Gasteiger partial charge in [0.15, 0.2) is 0 Å². The Kier molecular flexibility index (Phi) is 3.47. The van der Waals surface area contributed by atoms with Crippen molar-refractivity contribution in [2.45, 2.75) is 20.3 Å². The molecular weight excluding hydrogens is 218 g/mol. The second-order valence-corrected chi connectivity index (χ2v) is 3.73. The van der Waals surface area contributed by atoms with E-state index in [1.807, 2.05) is 0 Å². The summed E-state index contributed by atoms with van der Waals surface area (Å²) in [4.78, 5) is 18.5. The van der Waals surface area contributed by atoms with Crippen molar-refractivity contribution in [1.82, 2.24) is 9.97 Å². The van der Waals surface area contributed by atoms with E-state index in [1.54, 1.807) is 13.8 Å². The smallest absolute Gasteiger partial charge is 0.306 e. The van der Waals surface area contributed by atoms with Gasteiger partial charge in [-0.3, -0.25) is 4.79 Å². The van der Waals surface area contributed by atoms with Crippen LogP contribution in [0.4, 0.5) is 5.82 Å². The van der Waals surface area contributed by atoms with E-state index in [9.17, 15) is 4.79 Å². The maximum Gasteiger partial charge on any atom is 0.306 e. The average Bonchev–Trinajstić information content (AvgIpc) is 2.10. The molecule has 0 aliphatic rings. The highest BCUT2D eigenvalue weighted by Crippen LogP contribution is 2.22. The molecular formula is C9H12ClN3O2. The van der Waals surface area contributed by atoms with Crippen LogP contribution in [0.1, 0.15) is 18.3 Å². The van der Waals surface area contributed by atoms with Crippen molar-refractivity contribution in [1.29, 1.82) is 0 Å². The number of hydrogen-bond acceptors (Lipinski definition) is 4. The average molecular weight is 230 g/mol. The van der Waals surface area contributed by atoms with Crippen LogP contribution in [0, 0.1) is 12.8 Å². The number of aryl methyl sites for hydroxylation is 1. The standard InChI is InChI=1S/C9H12ClN3O2/c1-4(9(14)15)3-6-7(10)12-5(2)13-8(6)11/h4H,3H2,1-2H3,(H,14,15)(H2,11,12,13). The van der Waals surface area contributed by atoms with Gasteiger partial charge in [-0.05, 0) is 13.3 Å². The van der Waals surface area contributed by atoms with Crippen LogP contribution < -0.4 is 5.73 Å². The molecule has 1 unspecified atom stereocenters. The number of carboxylic acids is 1. The highest BCUT2D eigenvalue weighted by Gasteiger charge is 2.17. The van der Waals surface area contributed by atoms with Crippen molar-refractivity contribution < 1.29 is 9.90 Å². The van der Waals surface area contributed by atoms with Crippen molar-refractivity contribution >= 4 is 23.4 Å². The first-order valence-corrected chi connectivity index (χ1v) is 4.81. The van der Waals surface area contributed by atoms with Gasteiger partial charge >= 0.3 is 5.97 Å². The molecule has 3 N–H and O–H groups in total. The van der Waals surface area contributed by atoms with Crippen LogP contribution >= 0.6 is 11.6 Å². The SMILES string of the molecule is Cc1nc(N)c(CC(C)C(=O)O)c(Cl)n1. The van der Waals surface area contributed by atoms with E-state index in [4.69, 9.17) is 22.4 Å². The van der Waals surface area contributed by atoms with Crippen molar-refractivity contribution in [3.63, 3.8) is 0 Å². The van der Waals surface area contributed by atoms with E-state index in [-0.39, 0.29) is 17.4 Å². The highest BCUT2D eigenvalue weighted by atomic mass is 35.5. The minimum absolute atomic E-state index is 0.230. The molecule has 1 atom stereocenters. The van der Waals surface area contributed by atoms with E-state index in [2.05, 4.69) is 9.97 Å². The molecule has 5 nitrogen and oxygen atoms in total. The molecule has 6 heteroatoms. The molecule has 0 aromatic carbocycles. The summed E-state index contributed by atoms with van der Waals surface area (Å²) in [7, 11) is 0. The molecule has 0 spiro atoms. The number of carbonyl (C=O) groups is 1. The third-order valence-electron chi connectivity index (χ3n) is 2.03. The summed E-state index contributed by atoms with van der Waals surface area (Å²) in [6.07, 6.45) is 0.236. The topological polar surface area (TPSA) is 89.1 Å². The summed E-state index contributed by atoms with van der Waals surface area (Å²) in [6, 6.07) is 0. The van der Waals surface area contributed by atoms with Crippen molar-refractivity contribution in [3.8, 4) is 0 Å². The third kappa shape index (κ3) is 2.79. The van der Waals surface area contributed by atoms with Gasteiger partial charge in [0.1, 0.15) is 16.8 Å². The number of nitrogen functional groups attached to an aromatic ring is 1. The predicted octanol–water partition coefficient (Wildman–Crippen LogP) is 1.28. The lowest BCUT2D eigenvalue weighted by Gasteiger charge is -2.10. The van der Waals surface area contributed by atoms with Crippen LogP contribution in [0.25, 0.3) is 0 Å². The number of nitrogens with zero attached hydrogens (tertiary/aromatic N) is 2. The van der Waals surface area contributed by atoms with Crippen LogP contribution in [0.2, 0.25) is 5.15 Å². The molecule has 0 aliphatic heterocycles. The zero-order chi connectivity index (χ0) is 11.6. The first kappa shape index (κ1) is 11.7. The lowest BCUT2D eigenvalue weighted by atomic mass is 10.0. The van der Waals surface area contributed by atoms with E-state index in [0.29, 0.717) is 11.4 Å². The fraction of sp³-hybridized carbons (Fsp3) is 0.444. The number of halogens is 1. The molecule has 1 rings (SSSR count). The fourth-order valence-corrected chi connectivity index (χ4v) is 1.46. The number of carboxylic acid groups (broad SMARTS) is 1. The molecule has 15 heavy (non-hydrogen) atoms. The fourth-order valence-electron chi connectivity index (χ4n) is 1.16. The van der Waals surface area contributed by atoms with Crippen molar-refractivity contribution in [3.05, 3.63) is 16.5 Å². The monoisotopic (exact) mass is 229 g/mol. The Balaban J connectivity index is 3.00. The number of anilines is 1. The summed E-state index contributed by atoms with van der Waals surface area (Å²) in [5.41, 5.74) is 6.14. The summed E-state index contributed by atoms with van der Waals surface area (Å²) in [5, 5.41) is 8.98. The second kappa shape index (κ2) is 4.44. The van der Waals surface area contributed by atoms with Crippen LogP contribution in [0.15, 0.2) is 0 Å². The largest absolute Gasteiger partial charge is 0.481 e. The van der Waals surface area contributed by atoms with Crippen LogP contribution in [0.3, 0.4) is 0 Å². The Bertz CT molecular complexity index is 372. The Hall–Kier alpha value is -1.36. The summed E-state index contributed by atoms with van der Waals surface area (Å²) < 4.78 is 0. The quantitative estimate of drug-likeness (QED) is 0.763. The number of aromatic nitrogens is 2. The molecule has 1 heterocycles. The maximum absolute atomic E-state index is 10.7. The molecule has 1 aromatic rings. The number of hydrogen-bond donors (Lipinski definition) is 2. The third-order valence-corrected chi connectivity index (χ3v) is 2.34. The Labute approximate surface area is 92.3 Å². The molecule has 82 valence electrons.